The third kappa shape index (κ3) is 5.10. The quantitative estimate of drug-likeness (QED) is 0.303. The van der Waals surface area contributed by atoms with Crippen LogP contribution in [0.1, 0.15) is 48.5 Å². The summed E-state index contributed by atoms with van der Waals surface area (Å²) in [4.78, 5) is 42.0. The number of hydrogen-bond donors (Lipinski definition) is 0. The zero-order valence-corrected chi connectivity index (χ0v) is 20.3. The van der Waals surface area contributed by atoms with Crippen LogP contribution in [0.4, 0.5) is 21.9 Å². The van der Waals surface area contributed by atoms with Crippen molar-refractivity contribution in [2.24, 2.45) is 0 Å². The van der Waals surface area contributed by atoms with Gasteiger partial charge in [-0.15, -0.1) is 0 Å². The first-order valence-electron chi connectivity index (χ1n) is 12.2. The van der Waals surface area contributed by atoms with Crippen LogP contribution in [-0.2, 0) is 11.3 Å². The minimum Gasteiger partial charge on any atom is -0.444 e. The van der Waals surface area contributed by atoms with E-state index in [-0.39, 0.29) is 42.4 Å². The number of anilines is 2. The smallest absolute Gasteiger partial charge is 0.414 e. The summed E-state index contributed by atoms with van der Waals surface area (Å²) in [6, 6.07) is 14.1. The van der Waals surface area contributed by atoms with Crippen LogP contribution in [0, 0.1) is 21.4 Å². The van der Waals surface area contributed by atoms with Crippen LogP contribution in [0.2, 0.25) is 0 Å². The van der Waals surface area contributed by atoms with Gasteiger partial charge in [-0.25, -0.2) is 4.79 Å². The fourth-order valence-corrected chi connectivity index (χ4v) is 4.83. The highest BCUT2D eigenvalue weighted by molar-refractivity contribution is 5.96. The van der Waals surface area contributed by atoms with Crippen molar-refractivity contribution < 1.29 is 19.2 Å². The Labute approximate surface area is 209 Å². The number of carbonyl (C=O) groups is 2. The van der Waals surface area contributed by atoms with E-state index >= 15 is 0 Å². The van der Waals surface area contributed by atoms with Gasteiger partial charge in [0.2, 0.25) is 0 Å². The Hall–Kier alpha value is -4.13. The number of fused-ring (bicyclic) bond motifs is 1. The summed E-state index contributed by atoms with van der Waals surface area (Å²) in [5, 5.41) is 21.0. The van der Waals surface area contributed by atoms with Crippen LogP contribution in [-0.4, -0.2) is 54.0 Å². The molecule has 2 amide bonds. The van der Waals surface area contributed by atoms with Crippen molar-refractivity contribution >= 4 is 29.1 Å². The molecule has 2 aromatic rings. The third-order valence-electron chi connectivity index (χ3n) is 6.72. The maximum atomic E-state index is 12.9. The maximum absolute atomic E-state index is 12.9. The number of piperidine rings is 1. The molecule has 1 saturated heterocycles. The number of unbranched alkanes of at least 4 members (excludes halogenated alkanes) is 1. The number of para-hydroxylation sites is 1. The second kappa shape index (κ2) is 11.1. The van der Waals surface area contributed by atoms with Crippen LogP contribution >= 0.6 is 0 Å². The van der Waals surface area contributed by atoms with E-state index < -0.39 is 4.92 Å². The van der Waals surface area contributed by atoms with E-state index in [2.05, 4.69) is 0 Å². The van der Waals surface area contributed by atoms with Crippen molar-refractivity contribution in [3.63, 3.8) is 0 Å². The Morgan fingerprint density at radius 3 is 2.67 bits per heavy atom. The molecule has 0 aliphatic carbocycles. The number of hydrogen-bond acceptors (Lipinski definition) is 7. The number of ether oxygens (including phenoxy) is 1. The Kier molecular flexibility index (Phi) is 7.68. The first-order chi connectivity index (χ1) is 17.4. The number of cyclic esters (lactones) is 1. The van der Waals surface area contributed by atoms with Gasteiger partial charge >= 0.3 is 6.09 Å². The molecule has 1 fully saturated rings. The van der Waals surface area contributed by atoms with Gasteiger partial charge in [0, 0.05) is 42.9 Å². The van der Waals surface area contributed by atoms with Gasteiger partial charge in [-0.05, 0) is 37.5 Å². The number of rotatable bonds is 8. The lowest BCUT2D eigenvalue weighted by atomic mass is 9.99. The van der Waals surface area contributed by atoms with Gasteiger partial charge in [0.25, 0.3) is 11.6 Å². The highest BCUT2D eigenvalue weighted by Crippen LogP contribution is 2.35. The highest BCUT2D eigenvalue weighted by Gasteiger charge is 2.35. The predicted octanol–water partition coefficient (Wildman–Crippen LogP) is 4.49. The van der Waals surface area contributed by atoms with Crippen molar-refractivity contribution in [3.05, 3.63) is 63.7 Å². The number of nitro benzene ring substituents is 1. The van der Waals surface area contributed by atoms with Crippen molar-refractivity contribution in [2.75, 3.05) is 36.0 Å². The van der Waals surface area contributed by atoms with Gasteiger partial charge in [-0.1, -0.05) is 31.5 Å². The minimum absolute atomic E-state index is 0.0655. The van der Waals surface area contributed by atoms with Gasteiger partial charge in [-0.3, -0.25) is 19.8 Å². The topological polar surface area (TPSA) is 120 Å². The standard InChI is InChI=1S/C26H29N5O5/c1-2-3-13-29(16-12-27)25(32)19-8-9-23(24(17-19)31(34)35)28-14-10-21(11-15-28)30-22-7-5-4-6-20(22)18-36-26(30)33/h4-9,17,21H,2-3,10-11,13-16,18H2,1H3. The summed E-state index contributed by atoms with van der Waals surface area (Å²) in [6.07, 6.45) is 2.48. The molecule has 2 aliphatic rings. The van der Waals surface area contributed by atoms with E-state index in [1.165, 1.54) is 11.0 Å². The van der Waals surface area contributed by atoms with Crippen LogP contribution < -0.4 is 9.80 Å². The van der Waals surface area contributed by atoms with Gasteiger partial charge in [0.1, 0.15) is 18.8 Å². The Balaban J connectivity index is 1.51. The average Bonchev–Trinajstić information content (AvgIpc) is 2.90. The molecule has 2 aliphatic heterocycles. The second-order valence-corrected chi connectivity index (χ2v) is 8.97. The Morgan fingerprint density at radius 1 is 1.22 bits per heavy atom. The summed E-state index contributed by atoms with van der Waals surface area (Å²) in [5.74, 6) is -0.388. The van der Waals surface area contributed by atoms with E-state index in [0.29, 0.717) is 38.2 Å². The molecule has 0 radical (unpaired) electrons. The van der Waals surface area contributed by atoms with Crippen LogP contribution in [0.3, 0.4) is 0 Å². The maximum Gasteiger partial charge on any atom is 0.414 e. The normalized spacial score (nSPS) is 15.6. The van der Waals surface area contributed by atoms with E-state index in [4.69, 9.17) is 10.00 Å². The summed E-state index contributed by atoms with van der Waals surface area (Å²) in [5.41, 5.74) is 2.30. The molecule has 36 heavy (non-hydrogen) atoms. The van der Waals surface area contributed by atoms with Crippen molar-refractivity contribution in [2.45, 2.75) is 45.3 Å². The molecular formula is C26H29N5O5. The lowest BCUT2D eigenvalue weighted by Gasteiger charge is -2.40. The molecule has 10 heteroatoms. The van der Waals surface area contributed by atoms with E-state index in [0.717, 1.165) is 24.1 Å². The Morgan fingerprint density at radius 2 is 1.97 bits per heavy atom. The monoisotopic (exact) mass is 491 g/mol. The molecule has 0 bridgehead atoms. The van der Waals surface area contributed by atoms with Crippen LogP contribution in [0.25, 0.3) is 0 Å². The molecule has 188 valence electrons. The summed E-state index contributed by atoms with van der Waals surface area (Å²) in [6.45, 7) is 3.64. The minimum atomic E-state index is -0.475. The average molecular weight is 492 g/mol. The lowest BCUT2D eigenvalue weighted by Crippen LogP contribution is -2.49. The predicted molar refractivity (Wildman–Crippen MR) is 134 cm³/mol. The Bertz CT molecular complexity index is 1190. The van der Waals surface area contributed by atoms with Crippen molar-refractivity contribution in [1.82, 2.24) is 4.90 Å². The highest BCUT2D eigenvalue weighted by atomic mass is 16.6. The fourth-order valence-electron chi connectivity index (χ4n) is 4.83. The van der Waals surface area contributed by atoms with E-state index in [1.54, 1.807) is 17.0 Å². The lowest BCUT2D eigenvalue weighted by molar-refractivity contribution is -0.384. The third-order valence-corrected chi connectivity index (χ3v) is 6.72. The van der Waals surface area contributed by atoms with Gasteiger partial charge in [0.05, 0.1) is 16.7 Å². The SMILES string of the molecule is CCCCN(CC#N)C(=O)c1ccc(N2CCC(N3C(=O)OCc4ccccc43)CC2)c([N+](=O)[O-])c1. The fraction of sp³-hybridized carbons (Fsp3) is 0.423. The molecule has 0 spiro atoms. The largest absolute Gasteiger partial charge is 0.444 e. The molecule has 4 rings (SSSR count). The van der Waals surface area contributed by atoms with Gasteiger partial charge in [-0.2, -0.15) is 5.26 Å². The van der Waals surface area contributed by atoms with Gasteiger partial charge < -0.3 is 14.5 Å². The van der Waals surface area contributed by atoms with E-state index in [1.807, 2.05) is 42.2 Å². The summed E-state index contributed by atoms with van der Waals surface area (Å²) in [7, 11) is 0. The zero-order chi connectivity index (χ0) is 25.7. The van der Waals surface area contributed by atoms with E-state index in [9.17, 15) is 19.7 Å². The molecule has 2 aromatic carbocycles. The molecule has 0 aromatic heterocycles. The molecule has 0 atom stereocenters. The van der Waals surface area contributed by atoms with Crippen molar-refractivity contribution in [1.29, 1.82) is 5.26 Å². The first kappa shape index (κ1) is 25.0. The zero-order valence-electron chi connectivity index (χ0n) is 20.3. The number of nitro groups is 1. The molecule has 0 saturated carbocycles. The molecular weight excluding hydrogens is 462 g/mol. The number of nitriles is 1. The number of nitrogens with zero attached hydrogens (tertiary/aromatic N) is 5. The molecule has 0 N–H and O–H groups in total. The molecule has 10 nitrogen and oxygen atoms in total. The van der Waals surface area contributed by atoms with Crippen LogP contribution in [0.15, 0.2) is 42.5 Å². The molecule has 2 heterocycles. The first-order valence-corrected chi connectivity index (χ1v) is 12.2. The summed E-state index contributed by atoms with van der Waals surface area (Å²) < 4.78 is 5.36. The second-order valence-electron chi connectivity index (χ2n) is 8.97. The number of benzene rings is 2. The summed E-state index contributed by atoms with van der Waals surface area (Å²) >= 11 is 0. The van der Waals surface area contributed by atoms with Crippen LogP contribution in [0.5, 0.6) is 0 Å². The van der Waals surface area contributed by atoms with Gasteiger partial charge in [0.15, 0.2) is 0 Å². The number of carbonyl (C=O) groups excluding carboxylic acids is 2. The van der Waals surface area contributed by atoms with Crippen molar-refractivity contribution in [3.8, 4) is 6.07 Å². The number of amides is 2. The molecule has 0 unspecified atom stereocenters.